The first kappa shape index (κ1) is 13.7. The van der Waals surface area contributed by atoms with Gasteiger partial charge in [-0.25, -0.2) is 4.68 Å². The summed E-state index contributed by atoms with van der Waals surface area (Å²) in [7, 11) is 0. The molecule has 1 aliphatic rings. The second-order valence-corrected chi connectivity index (χ2v) is 5.70. The second-order valence-electron chi connectivity index (χ2n) is 5.70. The Balaban J connectivity index is 1.89. The SMILES string of the molecule is CC(C)N(C(=O)Cn1nnc2ccccc2c1=O)C1CC1. The van der Waals surface area contributed by atoms with Crippen molar-refractivity contribution in [1.82, 2.24) is 19.9 Å². The fourth-order valence-electron chi connectivity index (χ4n) is 2.60. The summed E-state index contributed by atoms with van der Waals surface area (Å²) in [4.78, 5) is 26.6. The average molecular weight is 286 g/mol. The van der Waals surface area contributed by atoms with Gasteiger partial charge in [-0.15, -0.1) is 5.10 Å². The Hall–Kier alpha value is -2.24. The van der Waals surface area contributed by atoms with Crippen LogP contribution in [0.25, 0.3) is 10.9 Å². The molecule has 0 aliphatic heterocycles. The monoisotopic (exact) mass is 286 g/mol. The Morgan fingerprint density at radius 2 is 2.10 bits per heavy atom. The van der Waals surface area contributed by atoms with Gasteiger partial charge in [-0.3, -0.25) is 9.59 Å². The predicted molar refractivity (Wildman–Crippen MR) is 78.8 cm³/mol. The lowest BCUT2D eigenvalue weighted by atomic mass is 10.2. The third-order valence-corrected chi connectivity index (χ3v) is 3.70. The molecule has 110 valence electrons. The first-order valence-electron chi connectivity index (χ1n) is 7.21. The van der Waals surface area contributed by atoms with Crippen LogP contribution in [0.3, 0.4) is 0 Å². The first-order valence-corrected chi connectivity index (χ1v) is 7.21. The van der Waals surface area contributed by atoms with Crippen LogP contribution in [0.5, 0.6) is 0 Å². The topological polar surface area (TPSA) is 68.1 Å². The molecule has 1 aliphatic carbocycles. The molecule has 0 spiro atoms. The zero-order valence-electron chi connectivity index (χ0n) is 12.2. The fourth-order valence-corrected chi connectivity index (χ4v) is 2.60. The smallest absolute Gasteiger partial charge is 0.278 e. The molecule has 0 bridgehead atoms. The number of carbonyl (C=O) groups is 1. The minimum Gasteiger partial charge on any atom is -0.336 e. The number of hydrogen-bond acceptors (Lipinski definition) is 4. The Bertz CT molecular complexity index is 732. The van der Waals surface area contributed by atoms with Gasteiger partial charge in [-0.05, 0) is 38.8 Å². The highest BCUT2D eigenvalue weighted by Gasteiger charge is 2.34. The zero-order valence-corrected chi connectivity index (χ0v) is 12.2. The minimum absolute atomic E-state index is 0.0503. The number of hydrogen-bond donors (Lipinski definition) is 0. The van der Waals surface area contributed by atoms with Crippen molar-refractivity contribution in [3.8, 4) is 0 Å². The standard InChI is InChI=1S/C15H18N4O2/c1-10(2)19(11-7-8-11)14(20)9-18-15(21)12-5-3-4-6-13(12)16-17-18/h3-6,10-11H,7-9H2,1-2H3. The van der Waals surface area contributed by atoms with Gasteiger partial charge in [0.05, 0.1) is 5.39 Å². The van der Waals surface area contributed by atoms with E-state index in [-0.39, 0.29) is 24.1 Å². The Morgan fingerprint density at radius 1 is 1.38 bits per heavy atom. The van der Waals surface area contributed by atoms with Crippen molar-refractivity contribution in [2.45, 2.75) is 45.3 Å². The van der Waals surface area contributed by atoms with E-state index in [0.29, 0.717) is 16.9 Å². The Labute approximate surface area is 122 Å². The summed E-state index contributed by atoms with van der Waals surface area (Å²) >= 11 is 0. The lowest BCUT2D eigenvalue weighted by molar-refractivity contribution is -0.134. The van der Waals surface area contributed by atoms with Gasteiger partial charge >= 0.3 is 0 Å². The average Bonchev–Trinajstić information content (AvgIpc) is 3.26. The van der Waals surface area contributed by atoms with Crippen molar-refractivity contribution in [2.75, 3.05) is 0 Å². The van der Waals surface area contributed by atoms with Crippen LogP contribution >= 0.6 is 0 Å². The predicted octanol–water partition coefficient (Wildman–Crippen LogP) is 1.19. The third-order valence-electron chi connectivity index (χ3n) is 3.70. The van der Waals surface area contributed by atoms with Crippen molar-refractivity contribution in [1.29, 1.82) is 0 Å². The maximum atomic E-state index is 12.4. The first-order chi connectivity index (χ1) is 10.1. The van der Waals surface area contributed by atoms with Gasteiger partial charge in [0.15, 0.2) is 0 Å². The number of rotatable bonds is 4. The van der Waals surface area contributed by atoms with Crippen LogP contribution in [0.15, 0.2) is 29.1 Å². The molecule has 1 aromatic carbocycles. The van der Waals surface area contributed by atoms with Crippen molar-refractivity contribution < 1.29 is 4.79 Å². The molecule has 3 rings (SSSR count). The van der Waals surface area contributed by atoms with Gasteiger partial charge in [-0.1, -0.05) is 17.3 Å². The molecule has 0 atom stereocenters. The Kier molecular flexibility index (Phi) is 3.45. The van der Waals surface area contributed by atoms with E-state index in [0.717, 1.165) is 17.5 Å². The molecule has 1 heterocycles. The van der Waals surface area contributed by atoms with Gasteiger partial charge in [0.2, 0.25) is 5.91 Å². The maximum Gasteiger partial charge on any atom is 0.278 e. The summed E-state index contributed by atoms with van der Waals surface area (Å²) in [6, 6.07) is 7.48. The van der Waals surface area contributed by atoms with Gasteiger partial charge in [0, 0.05) is 12.1 Å². The summed E-state index contributed by atoms with van der Waals surface area (Å²) in [5.74, 6) is -0.0702. The molecule has 0 radical (unpaired) electrons. The number of aromatic nitrogens is 3. The van der Waals surface area contributed by atoms with Crippen LogP contribution < -0.4 is 5.56 Å². The molecule has 2 aromatic rings. The largest absolute Gasteiger partial charge is 0.336 e. The van der Waals surface area contributed by atoms with Gasteiger partial charge in [-0.2, -0.15) is 0 Å². The molecule has 1 fully saturated rings. The molecule has 1 amide bonds. The highest BCUT2D eigenvalue weighted by Crippen LogP contribution is 2.28. The van der Waals surface area contributed by atoms with E-state index in [2.05, 4.69) is 10.3 Å². The van der Waals surface area contributed by atoms with Crippen LogP contribution in [0, 0.1) is 0 Å². The highest BCUT2D eigenvalue weighted by atomic mass is 16.2. The van der Waals surface area contributed by atoms with Gasteiger partial charge in [0.25, 0.3) is 5.56 Å². The molecule has 0 N–H and O–H groups in total. The normalized spacial score (nSPS) is 14.6. The lowest BCUT2D eigenvalue weighted by Crippen LogP contribution is -2.42. The number of fused-ring (bicyclic) bond motifs is 1. The number of nitrogens with zero attached hydrogens (tertiary/aromatic N) is 4. The second kappa shape index (κ2) is 5.27. The molecule has 6 heteroatoms. The number of amides is 1. The molecule has 6 nitrogen and oxygen atoms in total. The van der Waals surface area contributed by atoms with E-state index in [1.165, 1.54) is 0 Å². The lowest BCUT2D eigenvalue weighted by Gasteiger charge is -2.26. The summed E-state index contributed by atoms with van der Waals surface area (Å²) < 4.78 is 1.16. The summed E-state index contributed by atoms with van der Waals surface area (Å²) in [5, 5.41) is 8.37. The molecule has 1 aromatic heterocycles. The van der Waals surface area contributed by atoms with E-state index < -0.39 is 0 Å². The molecular weight excluding hydrogens is 268 g/mol. The van der Waals surface area contributed by atoms with E-state index in [4.69, 9.17) is 0 Å². The van der Waals surface area contributed by atoms with Crippen LogP contribution in [0.4, 0.5) is 0 Å². The van der Waals surface area contributed by atoms with Crippen molar-refractivity contribution in [3.05, 3.63) is 34.6 Å². The van der Waals surface area contributed by atoms with E-state index in [9.17, 15) is 9.59 Å². The van der Waals surface area contributed by atoms with Crippen LogP contribution in [-0.4, -0.2) is 37.9 Å². The van der Waals surface area contributed by atoms with Crippen molar-refractivity contribution >= 4 is 16.8 Å². The van der Waals surface area contributed by atoms with Crippen molar-refractivity contribution in [3.63, 3.8) is 0 Å². The fraction of sp³-hybridized carbons (Fsp3) is 0.467. The summed E-state index contributed by atoms with van der Waals surface area (Å²) in [5.41, 5.74) is 0.280. The minimum atomic E-state index is -0.270. The molecule has 21 heavy (non-hydrogen) atoms. The van der Waals surface area contributed by atoms with Crippen LogP contribution in [-0.2, 0) is 11.3 Å². The maximum absolute atomic E-state index is 12.4. The summed E-state index contributed by atoms with van der Waals surface area (Å²) in [6.07, 6.45) is 2.09. The van der Waals surface area contributed by atoms with E-state index >= 15 is 0 Å². The van der Waals surface area contributed by atoms with Gasteiger partial charge < -0.3 is 4.90 Å². The molecule has 0 saturated heterocycles. The molecular formula is C15H18N4O2. The Morgan fingerprint density at radius 3 is 2.76 bits per heavy atom. The third kappa shape index (κ3) is 2.66. The highest BCUT2D eigenvalue weighted by molar-refractivity contribution is 5.79. The van der Waals surface area contributed by atoms with E-state index in [1.54, 1.807) is 24.3 Å². The zero-order chi connectivity index (χ0) is 15.0. The quantitative estimate of drug-likeness (QED) is 0.846. The molecule has 1 saturated carbocycles. The van der Waals surface area contributed by atoms with Crippen LogP contribution in [0.2, 0.25) is 0 Å². The van der Waals surface area contributed by atoms with Crippen LogP contribution in [0.1, 0.15) is 26.7 Å². The summed E-state index contributed by atoms with van der Waals surface area (Å²) in [6.45, 7) is 3.93. The van der Waals surface area contributed by atoms with E-state index in [1.807, 2.05) is 18.7 Å². The number of benzene rings is 1. The molecule has 0 unspecified atom stereocenters. The van der Waals surface area contributed by atoms with Crippen molar-refractivity contribution in [2.24, 2.45) is 0 Å². The van der Waals surface area contributed by atoms with Gasteiger partial charge in [0.1, 0.15) is 12.1 Å². The number of carbonyl (C=O) groups excluding carboxylic acids is 1.